The quantitative estimate of drug-likeness (QED) is 0.850. The van der Waals surface area contributed by atoms with E-state index in [4.69, 9.17) is 0 Å². The van der Waals surface area contributed by atoms with Crippen LogP contribution in [0.25, 0.3) is 0 Å². The fourth-order valence-corrected chi connectivity index (χ4v) is 1.70. The van der Waals surface area contributed by atoms with Gasteiger partial charge in [-0.2, -0.15) is 0 Å². The molecule has 0 bridgehead atoms. The fraction of sp³-hybridized carbons (Fsp3) is 0.769. The number of rotatable bonds is 4. The Balaban J connectivity index is 2.66. The van der Waals surface area contributed by atoms with Gasteiger partial charge in [-0.05, 0) is 27.7 Å². The molecule has 0 radical (unpaired) electrons. The Bertz CT molecular complexity index is 320. The zero-order valence-electron chi connectivity index (χ0n) is 11.4. The molecule has 0 aromatic carbocycles. The Morgan fingerprint density at radius 2 is 1.94 bits per heavy atom. The maximum atomic E-state index is 4.42. The summed E-state index contributed by atoms with van der Waals surface area (Å²) in [6.07, 6.45) is 3.97. The lowest BCUT2D eigenvalue weighted by atomic mass is 10.1. The zero-order chi connectivity index (χ0) is 12.3. The van der Waals surface area contributed by atoms with Crippen molar-refractivity contribution in [2.75, 3.05) is 6.54 Å². The average Bonchev–Trinajstić information content (AvgIpc) is 2.61. The van der Waals surface area contributed by atoms with E-state index in [2.05, 4.69) is 62.6 Å². The van der Waals surface area contributed by atoms with Crippen molar-refractivity contribution >= 4 is 0 Å². The lowest BCUT2D eigenvalue weighted by Crippen LogP contribution is -2.39. The van der Waals surface area contributed by atoms with Crippen LogP contribution in [0.3, 0.4) is 0 Å². The summed E-state index contributed by atoms with van der Waals surface area (Å²) >= 11 is 0. The first-order valence-electron chi connectivity index (χ1n) is 6.09. The molecule has 0 aliphatic rings. The predicted octanol–water partition coefficient (Wildman–Crippen LogP) is 2.96. The van der Waals surface area contributed by atoms with Crippen LogP contribution in [0.2, 0.25) is 0 Å². The highest BCUT2D eigenvalue weighted by molar-refractivity contribution is 4.99. The summed E-state index contributed by atoms with van der Waals surface area (Å²) in [7, 11) is 0. The van der Waals surface area contributed by atoms with Crippen molar-refractivity contribution in [2.24, 2.45) is 0 Å². The van der Waals surface area contributed by atoms with Crippen molar-refractivity contribution in [3.63, 3.8) is 0 Å². The average molecular weight is 223 g/mol. The molecule has 1 unspecified atom stereocenters. The van der Waals surface area contributed by atoms with Gasteiger partial charge in [0.05, 0.1) is 0 Å². The minimum absolute atomic E-state index is 0.173. The standard InChI is InChI=1S/C13H25N3/c1-10(2)12-14-7-8-16(12)11(3)9-15-13(4,5)6/h7-8,10-11,15H,9H2,1-6H3. The molecule has 16 heavy (non-hydrogen) atoms. The molecule has 0 aliphatic carbocycles. The molecule has 0 fully saturated rings. The molecule has 0 amide bonds. The van der Waals surface area contributed by atoms with Crippen LogP contribution in [0.15, 0.2) is 12.4 Å². The maximum Gasteiger partial charge on any atom is 0.111 e. The Kier molecular flexibility index (Phi) is 4.14. The summed E-state index contributed by atoms with van der Waals surface area (Å²) in [6.45, 7) is 14.1. The van der Waals surface area contributed by atoms with E-state index >= 15 is 0 Å². The molecule has 1 aromatic rings. The van der Waals surface area contributed by atoms with Gasteiger partial charge < -0.3 is 9.88 Å². The van der Waals surface area contributed by atoms with Crippen LogP contribution >= 0.6 is 0 Å². The van der Waals surface area contributed by atoms with Crippen LogP contribution in [0.1, 0.15) is 59.3 Å². The van der Waals surface area contributed by atoms with Crippen molar-refractivity contribution in [3.05, 3.63) is 18.2 Å². The molecule has 1 rings (SSSR count). The lowest BCUT2D eigenvalue weighted by Gasteiger charge is -2.25. The molecule has 0 saturated heterocycles. The van der Waals surface area contributed by atoms with Gasteiger partial charge >= 0.3 is 0 Å². The van der Waals surface area contributed by atoms with Gasteiger partial charge in [0.1, 0.15) is 5.82 Å². The highest BCUT2D eigenvalue weighted by atomic mass is 15.1. The zero-order valence-corrected chi connectivity index (χ0v) is 11.4. The van der Waals surface area contributed by atoms with Crippen LogP contribution < -0.4 is 5.32 Å². The van der Waals surface area contributed by atoms with Crippen LogP contribution in [0, 0.1) is 0 Å². The Morgan fingerprint density at radius 1 is 1.31 bits per heavy atom. The second-order valence-electron chi connectivity index (χ2n) is 5.83. The molecule has 3 heteroatoms. The normalized spacial score (nSPS) is 14.4. The Labute approximate surface area is 99.3 Å². The Hall–Kier alpha value is -0.830. The molecule has 0 saturated carbocycles. The highest BCUT2D eigenvalue weighted by Crippen LogP contribution is 2.17. The smallest absolute Gasteiger partial charge is 0.111 e. The van der Waals surface area contributed by atoms with Gasteiger partial charge in [0.25, 0.3) is 0 Å². The van der Waals surface area contributed by atoms with Crippen molar-refractivity contribution in [3.8, 4) is 0 Å². The van der Waals surface area contributed by atoms with Crippen LogP contribution in [-0.2, 0) is 0 Å². The summed E-state index contributed by atoms with van der Waals surface area (Å²) in [5.41, 5.74) is 0.173. The van der Waals surface area contributed by atoms with Gasteiger partial charge in [-0.1, -0.05) is 13.8 Å². The highest BCUT2D eigenvalue weighted by Gasteiger charge is 2.15. The molecule has 3 nitrogen and oxygen atoms in total. The second-order valence-corrected chi connectivity index (χ2v) is 5.83. The SMILES string of the molecule is CC(C)c1nccn1C(C)CNC(C)(C)C. The van der Waals surface area contributed by atoms with Gasteiger partial charge in [-0.25, -0.2) is 4.98 Å². The monoisotopic (exact) mass is 223 g/mol. The number of aromatic nitrogens is 2. The molecule has 1 heterocycles. The van der Waals surface area contributed by atoms with Crippen LogP contribution in [0.4, 0.5) is 0 Å². The second kappa shape index (κ2) is 5.00. The number of imidazole rings is 1. The maximum absolute atomic E-state index is 4.42. The minimum Gasteiger partial charge on any atom is -0.331 e. The number of nitrogens with zero attached hydrogens (tertiary/aromatic N) is 2. The van der Waals surface area contributed by atoms with E-state index in [0.29, 0.717) is 12.0 Å². The van der Waals surface area contributed by atoms with E-state index in [9.17, 15) is 0 Å². The summed E-state index contributed by atoms with van der Waals surface area (Å²) in [6, 6.07) is 0.444. The summed E-state index contributed by atoms with van der Waals surface area (Å²) in [5, 5.41) is 3.53. The first-order valence-corrected chi connectivity index (χ1v) is 6.09. The van der Waals surface area contributed by atoms with Crippen molar-refractivity contribution < 1.29 is 0 Å². The number of hydrogen-bond donors (Lipinski definition) is 1. The summed E-state index contributed by atoms with van der Waals surface area (Å²) in [5.74, 6) is 1.65. The van der Waals surface area contributed by atoms with Gasteiger partial charge in [0.2, 0.25) is 0 Å². The van der Waals surface area contributed by atoms with E-state index in [1.807, 2.05) is 6.20 Å². The van der Waals surface area contributed by atoms with E-state index in [1.54, 1.807) is 0 Å². The third kappa shape index (κ3) is 3.63. The lowest BCUT2D eigenvalue weighted by molar-refractivity contribution is 0.373. The fourth-order valence-electron chi connectivity index (χ4n) is 1.70. The first-order chi connectivity index (χ1) is 7.31. The molecule has 1 atom stereocenters. The van der Waals surface area contributed by atoms with E-state index in [-0.39, 0.29) is 5.54 Å². The molecule has 1 aromatic heterocycles. The number of nitrogens with one attached hydrogen (secondary N) is 1. The van der Waals surface area contributed by atoms with E-state index in [0.717, 1.165) is 6.54 Å². The molecule has 0 spiro atoms. The third-order valence-electron chi connectivity index (χ3n) is 2.62. The molecule has 1 N–H and O–H groups in total. The third-order valence-corrected chi connectivity index (χ3v) is 2.62. The van der Waals surface area contributed by atoms with Crippen molar-refractivity contribution in [2.45, 2.75) is 59.0 Å². The predicted molar refractivity (Wildman–Crippen MR) is 68.8 cm³/mol. The van der Waals surface area contributed by atoms with Gasteiger partial charge in [0.15, 0.2) is 0 Å². The molecule has 92 valence electrons. The van der Waals surface area contributed by atoms with Gasteiger partial charge in [0, 0.05) is 36.4 Å². The van der Waals surface area contributed by atoms with Crippen LogP contribution in [-0.4, -0.2) is 21.6 Å². The molecular weight excluding hydrogens is 198 g/mol. The largest absolute Gasteiger partial charge is 0.331 e. The Morgan fingerprint density at radius 3 is 2.44 bits per heavy atom. The minimum atomic E-state index is 0.173. The summed E-state index contributed by atoms with van der Waals surface area (Å²) < 4.78 is 2.27. The van der Waals surface area contributed by atoms with Crippen LogP contribution in [0.5, 0.6) is 0 Å². The molecule has 0 aliphatic heterocycles. The van der Waals surface area contributed by atoms with Crippen molar-refractivity contribution in [1.82, 2.24) is 14.9 Å². The topological polar surface area (TPSA) is 29.9 Å². The number of hydrogen-bond acceptors (Lipinski definition) is 2. The van der Waals surface area contributed by atoms with Crippen molar-refractivity contribution in [1.29, 1.82) is 0 Å². The van der Waals surface area contributed by atoms with Gasteiger partial charge in [-0.3, -0.25) is 0 Å². The van der Waals surface area contributed by atoms with E-state index < -0.39 is 0 Å². The van der Waals surface area contributed by atoms with E-state index in [1.165, 1.54) is 5.82 Å². The first kappa shape index (κ1) is 13.2. The molecular formula is C13H25N3. The van der Waals surface area contributed by atoms with Gasteiger partial charge in [-0.15, -0.1) is 0 Å². The summed E-state index contributed by atoms with van der Waals surface area (Å²) in [4.78, 5) is 4.42.